The van der Waals surface area contributed by atoms with E-state index in [0.29, 0.717) is 21.7 Å². The van der Waals surface area contributed by atoms with Crippen molar-refractivity contribution in [1.82, 2.24) is 29.5 Å². The molecule has 1 amide bonds. The Kier molecular flexibility index (Phi) is 4.45. The van der Waals surface area contributed by atoms with Crippen molar-refractivity contribution in [1.29, 1.82) is 0 Å². The molecule has 0 spiro atoms. The van der Waals surface area contributed by atoms with Crippen LogP contribution in [-0.2, 0) is 0 Å². The van der Waals surface area contributed by atoms with E-state index in [2.05, 4.69) is 25.7 Å². The zero-order valence-electron chi connectivity index (χ0n) is 16.2. The van der Waals surface area contributed by atoms with E-state index in [-0.39, 0.29) is 5.52 Å². The number of nitrogens with one attached hydrogen (secondary N) is 1. The number of hydrogen-bond acceptors (Lipinski definition) is 6. The fourth-order valence-electron chi connectivity index (χ4n) is 3.37. The molecule has 4 heterocycles. The minimum Gasteiger partial charge on any atom is -0.267 e. The lowest BCUT2D eigenvalue weighted by molar-refractivity contribution is 0.101. The maximum Gasteiger partial charge on any atom is 0.299 e. The maximum atomic E-state index is 12.9. The number of fused-ring (bicyclic) bond motifs is 3. The fourth-order valence-corrected chi connectivity index (χ4v) is 3.49. The molecule has 0 bridgehead atoms. The van der Waals surface area contributed by atoms with Crippen LogP contribution in [0.5, 0.6) is 0 Å². The standard InChI is InChI=1S/C21H14ClN7O2/c1-12-17(13-4-6-15(22)7-5-13)19-25-24-18-16(29(19)26-12)8-10-28(21(18)31)27-20(30)14-3-2-9-23-11-14/h2-11H,1H3,(H,27,30). The van der Waals surface area contributed by atoms with Gasteiger partial charge in [0.25, 0.3) is 11.5 Å². The van der Waals surface area contributed by atoms with Crippen LogP contribution in [0.2, 0.25) is 5.02 Å². The van der Waals surface area contributed by atoms with E-state index in [1.54, 1.807) is 41.0 Å². The first kappa shape index (κ1) is 18.9. The summed E-state index contributed by atoms with van der Waals surface area (Å²) in [7, 11) is 0. The van der Waals surface area contributed by atoms with Crippen LogP contribution in [0.4, 0.5) is 0 Å². The molecule has 0 saturated heterocycles. The Morgan fingerprint density at radius 2 is 1.90 bits per heavy atom. The zero-order chi connectivity index (χ0) is 21.5. The summed E-state index contributed by atoms with van der Waals surface area (Å²) in [5, 5.41) is 13.6. The van der Waals surface area contributed by atoms with Crippen molar-refractivity contribution < 1.29 is 4.79 Å². The second-order valence-electron chi connectivity index (χ2n) is 6.81. The lowest BCUT2D eigenvalue weighted by Crippen LogP contribution is -2.33. The summed E-state index contributed by atoms with van der Waals surface area (Å²) < 4.78 is 2.64. The molecule has 0 radical (unpaired) electrons. The van der Waals surface area contributed by atoms with Crippen molar-refractivity contribution in [2.45, 2.75) is 6.92 Å². The van der Waals surface area contributed by atoms with E-state index < -0.39 is 11.5 Å². The Labute approximate surface area is 179 Å². The van der Waals surface area contributed by atoms with Crippen molar-refractivity contribution in [2.75, 3.05) is 5.43 Å². The second kappa shape index (κ2) is 7.29. The molecule has 9 nitrogen and oxygen atoms in total. The van der Waals surface area contributed by atoms with Gasteiger partial charge in [-0.1, -0.05) is 23.7 Å². The summed E-state index contributed by atoms with van der Waals surface area (Å²) in [6.45, 7) is 1.86. The molecule has 0 atom stereocenters. The van der Waals surface area contributed by atoms with E-state index in [0.717, 1.165) is 21.5 Å². The van der Waals surface area contributed by atoms with Gasteiger partial charge in [0.1, 0.15) is 5.52 Å². The highest BCUT2D eigenvalue weighted by Gasteiger charge is 2.18. The van der Waals surface area contributed by atoms with E-state index in [4.69, 9.17) is 11.6 Å². The lowest BCUT2D eigenvalue weighted by Gasteiger charge is -2.09. The number of nitrogens with zero attached hydrogens (tertiary/aromatic N) is 6. The van der Waals surface area contributed by atoms with Crippen molar-refractivity contribution in [3.63, 3.8) is 0 Å². The van der Waals surface area contributed by atoms with Gasteiger partial charge in [0.05, 0.1) is 16.8 Å². The van der Waals surface area contributed by atoms with Gasteiger partial charge in [0, 0.05) is 23.6 Å². The minimum absolute atomic E-state index is 0.0756. The van der Waals surface area contributed by atoms with Gasteiger partial charge in [-0.05, 0) is 42.8 Å². The molecule has 0 aliphatic carbocycles. The van der Waals surface area contributed by atoms with Crippen molar-refractivity contribution in [3.8, 4) is 11.1 Å². The highest BCUT2D eigenvalue weighted by molar-refractivity contribution is 6.30. The van der Waals surface area contributed by atoms with Crippen LogP contribution in [-0.4, -0.2) is 35.4 Å². The van der Waals surface area contributed by atoms with Crippen LogP contribution in [0.15, 0.2) is 65.8 Å². The molecule has 0 unspecified atom stereocenters. The number of aryl methyl sites for hydroxylation is 1. The number of benzene rings is 1. The first-order valence-corrected chi connectivity index (χ1v) is 9.65. The number of amides is 1. The van der Waals surface area contributed by atoms with E-state index >= 15 is 0 Å². The maximum absolute atomic E-state index is 12.9. The Hall–Kier alpha value is -4.11. The largest absolute Gasteiger partial charge is 0.299 e. The second-order valence-corrected chi connectivity index (χ2v) is 7.25. The van der Waals surface area contributed by atoms with E-state index in [1.807, 2.05) is 19.1 Å². The third-order valence-corrected chi connectivity index (χ3v) is 5.09. The average Bonchev–Trinajstić information content (AvgIpc) is 3.13. The van der Waals surface area contributed by atoms with Gasteiger partial charge in [0.15, 0.2) is 11.2 Å². The lowest BCUT2D eigenvalue weighted by atomic mass is 10.1. The van der Waals surface area contributed by atoms with Crippen LogP contribution >= 0.6 is 11.6 Å². The molecule has 5 rings (SSSR count). The third kappa shape index (κ3) is 3.21. The molecule has 31 heavy (non-hydrogen) atoms. The molecular weight excluding hydrogens is 418 g/mol. The topological polar surface area (TPSA) is 107 Å². The Balaban J connectivity index is 1.61. The molecular formula is C21H14ClN7O2. The van der Waals surface area contributed by atoms with E-state index in [1.165, 1.54) is 12.4 Å². The third-order valence-electron chi connectivity index (χ3n) is 4.83. The number of carbonyl (C=O) groups is 1. The molecule has 152 valence electrons. The van der Waals surface area contributed by atoms with Crippen molar-refractivity contribution in [2.24, 2.45) is 0 Å². The summed E-state index contributed by atoms with van der Waals surface area (Å²) in [6.07, 6.45) is 4.43. The molecule has 0 aliphatic heterocycles. The number of halogens is 1. The SMILES string of the molecule is Cc1nn2c(nnc3c(=O)n(NC(=O)c4cccnc4)ccc32)c1-c1ccc(Cl)cc1. The minimum atomic E-state index is -0.523. The van der Waals surface area contributed by atoms with Gasteiger partial charge in [-0.15, -0.1) is 10.2 Å². The van der Waals surface area contributed by atoms with Gasteiger partial charge in [-0.3, -0.25) is 20.0 Å². The van der Waals surface area contributed by atoms with Crippen molar-refractivity contribution >= 4 is 34.2 Å². The van der Waals surface area contributed by atoms with Crippen LogP contribution in [0.3, 0.4) is 0 Å². The highest BCUT2D eigenvalue weighted by Crippen LogP contribution is 2.28. The zero-order valence-corrected chi connectivity index (χ0v) is 16.9. The Morgan fingerprint density at radius 3 is 2.65 bits per heavy atom. The molecule has 0 saturated carbocycles. The van der Waals surface area contributed by atoms with Gasteiger partial charge in [-0.2, -0.15) is 5.10 Å². The normalized spacial score (nSPS) is 11.2. The Bertz CT molecular complexity index is 1510. The number of pyridine rings is 2. The summed E-state index contributed by atoms with van der Waals surface area (Å²) >= 11 is 6.00. The summed E-state index contributed by atoms with van der Waals surface area (Å²) in [5.41, 5.74) is 5.83. The number of carbonyl (C=O) groups excluding carboxylic acids is 1. The number of rotatable bonds is 3. The molecule has 1 N–H and O–H groups in total. The molecule has 10 heteroatoms. The summed E-state index contributed by atoms with van der Waals surface area (Å²) in [5.74, 6) is -0.469. The first-order valence-electron chi connectivity index (χ1n) is 9.27. The molecule has 0 aliphatic rings. The van der Waals surface area contributed by atoms with Crippen molar-refractivity contribution in [3.05, 3.63) is 87.7 Å². The number of hydrogen-bond donors (Lipinski definition) is 1. The molecule has 1 aromatic carbocycles. The smallest absolute Gasteiger partial charge is 0.267 e. The predicted molar refractivity (Wildman–Crippen MR) is 116 cm³/mol. The fraction of sp³-hybridized carbons (Fsp3) is 0.0476. The van der Waals surface area contributed by atoms with E-state index in [9.17, 15) is 9.59 Å². The highest BCUT2D eigenvalue weighted by atomic mass is 35.5. The van der Waals surface area contributed by atoms with Gasteiger partial charge < -0.3 is 0 Å². The summed E-state index contributed by atoms with van der Waals surface area (Å²) in [4.78, 5) is 29.2. The monoisotopic (exact) mass is 431 g/mol. The first-order chi connectivity index (χ1) is 15.0. The van der Waals surface area contributed by atoms with Gasteiger partial charge in [0.2, 0.25) is 0 Å². The number of aromatic nitrogens is 6. The molecule has 5 aromatic rings. The van der Waals surface area contributed by atoms with Gasteiger partial charge in [-0.25, -0.2) is 9.19 Å². The Morgan fingerprint density at radius 1 is 1.10 bits per heavy atom. The predicted octanol–water partition coefficient (Wildman–Crippen LogP) is 2.85. The van der Waals surface area contributed by atoms with Gasteiger partial charge >= 0.3 is 0 Å². The van der Waals surface area contributed by atoms with Crippen LogP contribution in [0, 0.1) is 6.92 Å². The quantitative estimate of drug-likeness (QED) is 0.470. The molecule has 4 aromatic heterocycles. The van der Waals surface area contributed by atoms with Crippen LogP contribution in [0.25, 0.3) is 27.8 Å². The van der Waals surface area contributed by atoms with Crippen LogP contribution < -0.4 is 11.0 Å². The average molecular weight is 432 g/mol. The van der Waals surface area contributed by atoms with Crippen LogP contribution in [0.1, 0.15) is 16.1 Å². The summed E-state index contributed by atoms with van der Waals surface area (Å²) in [6, 6.07) is 12.2. The molecule has 0 fully saturated rings.